The van der Waals surface area contributed by atoms with Gasteiger partial charge in [-0.05, 0) is 63.4 Å². The maximum Gasteiger partial charge on any atom is 0.405 e. The molecule has 0 unspecified atom stereocenters. The van der Waals surface area contributed by atoms with Gasteiger partial charge in [0.1, 0.15) is 29.5 Å². The van der Waals surface area contributed by atoms with Crippen LogP contribution in [0.5, 0.6) is 11.6 Å². The molecule has 0 radical (unpaired) electrons. The number of hydrogen-bond acceptors (Lipinski definition) is 9. The van der Waals surface area contributed by atoms with Crippen molar-refractivity contribution in [3.63, 3.8) is 0 Å². The first kappa shape index (κ1) is 35.4. The number of carbonyl (C=O) groups is 4. The number of allylic oxidation sites excluding steroid dienone is 1. The molecule has 2 aliphatic carbocycles. The standard InChI is InChI=1S/C35H45N5O9S/c1-4-48-28-18-36-31(26-12-8-7-11-25(26)28)49-23-16-27-30(41)38-35(33(43)39-50(46,47)24-13-14-24)17-22(35)10-6-5-9-20(2)15-21(3)29(37-34(44)45)32(42)40(27)19-23/h6-8,10-12,18,20-24,27,29,37H,4-5,9,13-17,19H2,1-3H3,(H,38,41)(H,39,43)(H,44,45)/b10-6-/t20-,21+,22+,23+,27-,29-,35+/m0/s1. The molecule has 2 aromatic rings. The SMILES string of the molecule is CCOc1cnc(O[C@@H]2C[C@H]3C(=O)N[C@]4(C(=O)NS(=O)(=O)C5CC5)C[C@H]4/C=C\CC[C@H](C)C[C@@H](C)[C@H](NC(=O)O)C(=O)N3C2)c2ccccc12. The van der Waals surface area contributed by atoms with E-state index >= 15 is 0 Å². The Kier molecular flexibility index (Phi) is 9.98. The molecule has 3 heterocycles. The molecule has 0 bridgehead atoms. The number of fused-ring (bicyclic) bond motifs is 3. The van der Waals surface area contributed by atoms with Crippen molar-refractivity contribution in [2.45, 2.75) is 94.7 Å². The third-order valence-electron chi connectivity index (χ3n) is 10.2. The average Bonchev–Trinajstić information content (AvgIpc) is 3.99. The number of aromatic nitrogens is 1. The summed E-state index contributed by atoms with van der Waals surface area (Å²) in [5.74, 6) is -1.91. The van der Waals surface area contributed by atoms with Gasteiger partial charge in [0.25, 0.3) is 5.91 Å². The van der Waals surface area contributed by atoms with E-state index in [0.717, 1.165) is 11.8 Å². The highest BCUT2D eigenvalue weighted by atomic mass is 32.2. The molecule has 0 spiro atoms. The van der Waals surface area contributed by atoms with Gasteiger partial charge in [-0.2, -0.15) is 0 Å². The Morgan fingerprint density at radius 2 is 1.86 bits per heavy atom. The van der Waals surface area contributed by atoms with Crippen LogP contribution in [0, 0.1) is 17.8 Å². The topological polar surface area (TPSA) is 193 Å². The van der Waals surface area contributed by atoms with Gasteiger partial charge in [-0.15, -0.1) is 0 Å². The summed E-state index contributed by atoms with van der Waals surface area (Å²) in [6.07, 6.45) is 6.33. The molecule has 2 aliphatic heterocycles. The highest BCUT2D eigenvalue weighted by Crippen LogP contribution is 2.46. The Balaban J connectivity index is 1.33. The molecule has 6 rings (SSSR count). The van der Waals surface area contributed by atoms with Crippen LogP contribution in [0.15, 0.2) is 42.6 Å². The van der Waals surface area contributed by atoms with Crippen LogP contribution >= 0.6 is 0 Å². The summed E-state index contributed by atoms with van der Waals surface area (Å²) in [5, 5.41) is 15.8. The maximum absolute atomic E-state index is 14.3. The molecule has 4 N–H and O–H groups in total. The van der Waals surface area contributed by atoms with Crippen LogP contribution in [-0.4, -0.2) is 89.4 Å². The molecule has 14 nitrogen and oxygen atoms in total. The number of ether oxygens (including phenoxy) is 2. The van der Waals surface area contributed by atoms with Crippen LogP contribution in [0.3, 0.4) is 0 Å². The fourth-order valence-electron chi connectivity index (χ4n) is 7.29. The number of carboxylic acid groups (broad SMARTS) is 1. The smallest absolute Gasteiger partial charge is 0.405 e. The first-order valence-electron chi connectivity index (χ1n) is 17.3. The van der Waals surface area contributed by atoms with E-state index in [1.54, 1.807) is 6.20 Å². The molecule has 4 aliphatic rings. The molecule has 15 heteroatoms. The van der Waals surface area contributed by atoms with E-state index in [-0.39, 0.29) is 31.2 Å². The molecule has 2 saturated carbocycles. The largest absolute Gasteiger partial charge is 0.492 e. The second-order valence-corrected chi connectivity index (χ2v) is 16.0. The van der Waals surface area contributed by atoms with Crippen LogP contribution in [0.4, 0.5) is 4.79 Å². The zero-order chi connectivity index (χ0) is 35.8. The van der Waals surface area contributed by atoms with Crippen molar-refractivity contribution >= 4 is 44.6 Å². The van der Waals surface area contributed by atoms with E-state index in [2.05, 4.69) is 20.3 Å². The normalized spacial score (nSPS) is 30.9. The van der Waals surface area contributed by atoms with Gasteiger partial charge < -0.3 is 30.1 Å². The van der Waals surface area contributed by atoms with E-state index in [1.807, 2.05) is 57.2 Å². The summed E-state index contributed by atoms with van der Waals surface area (Å²) in [6, 6.07) is 5.11. The number of sulfonamides is 1. The lowest BCUT2D eigenvalue weighted by Crippen LogP contribution is -2.59. The third kappa shape index (κ3) is 7.37. The lowest BCUT2D eigenvalue weighted by Gasteiger charge is -2.32. The minimum Gasteiger partial charge on any atom is -0.492 e. The summed E-state index contributed by atoms with van der Waals surface area (Å²) < 4.78 is 39.9. The van der Waals surface area contributed by atoms with E-state index in [1.165, 1.54) is 4.90 Å². The number of nitrogens with zero attached hydrogens (tertiary/aromatic N) is 2. The summed E-state index contributed by atoms with van der Waals surface area (Å²) in [5.41, 5.74) is -1.52. The Morgan fingerprint density at radius 3 is 2.56 bits per heavy atom. The lowest BCUT2D eigenvalue weighted by molar-refractivity contribution is -0.142. The molecule has 50 heavy (non-hydrogen) atoms. The van der Waals surface area contributed by atoms with Crippen molar-refractivity contribution in [1.82, 2.24) is 25.2 Å². The van der Waals surface area contributed by atoms with Crippen molar-refractivity contribution in [3.05, 3.63) is 42.6 Å². The molecule has 270 valence electrons. The number of nitrogens with one attached hydrogen (secondary N) is 3. The molecule has 1 aromatic carbocycles. The minimum absolute atomic E-state index is 0.0178. The second kappa shape index (κ2) is 14.1. The van der Waals surface area contributed by atoms with Gasteiger partial charge in [0.2, 0.25) is 27.7 Å². The summed E-state index contributed by atoms with van der Waals surface area (Å²) in [6.45, 7) is 6.10. The van der Waals surface area contributed by atoms with Crippen molar-refractivity contribution in [1.29, 1.82) is 0 Å². The number of amides is 4. The molecule has 3 fully saturated rings. The highest BCUT2D eigenvalue weighted by Gasteiger charge is 2.62. The molecule has 1 aromatic heterocycles. The van der Waals surface area contributed by atoms with Gasteiger partial charge in [0, 0.05) is 23.1 Å². The molecular formula is C35H45N5O9S. The van der Waals surface area contributed by atoms with E-state index in [9.17, 15) is 32.7 Å². The molecule has 7 atom stereocenters. The Hall–Kier alpha value is -4.40. The minimum atomic E-state index is -3.90. The fraction of sp³-hybridized carbons (Fsp3) is 0.571. The average molecular weight is 712 g/mol. The predicted molar refractivity (Wildman–Crippen MR) is 183 cm³/mol. The first-order valence-corrected chi connectivity index (χ1v) is 18.9. The third-order valence-corrected chi connectivity index (χ3v) is 12.0. The zero-order valence-corrected chi connectivity index (χ0v) is 29.3. The van der Waals surface area contributed by atoms with Crippen LogP contribution < -0.4 is 24.8 Å². The van der Waals surface area contributed by atoms with Crippen LogP contribution in [0.2, 0.25) is 0 Å². The van der Waals surface area contributed by atoms with Crippen molar-refractivity contribution in [3.8, 4) is 11.6 Å². The lowest BCUT2D eigenvalue weighted by atomic mass is 9.88. The van der Waals surface area contributed by atoms with E-state index < -0.39 is 74.7 Å². The molecule has 4 amide bonds. The van der Waals surface area contributed by atoms with E-state index in [4.69, 9.17) is 9.47 Å². The van der Waals surface area contributed by atoms with Gasteiger partial charge in [0.05, 0.1) is 24.6 Å². The van der Waals surface area contributed by atoms with Gasteiger partial charge in [0.15, 0.2) is 0 Å². The first-order chi connectivity index (χ1) is 23.8. The van der Waals surface area contributed by atoms with Crippen molar-refractivity contribution in [2.24, 2.45) is 17.8 Å². The number of benzene rings is 1. The van der Waals surface area contributed by atoms with Crippen LogP contribution in [0.1, 0.15) is 65.7 Å². The summed E-state index contributed by atoms with van der Waals surface area (Å²) in [4.78, 5) is 60.0. The van der Waals surface area contributed by atoms with Crippen LogP contribution in [-0.2, 0) is 24.4 Å². The monoisotopic (exact) mass is 711 g/mol. The summed E-state index contributed by atoms with van der Waals surface area (Å²) in [7, 11) is -3.90. The number of carbonyl (C=O) groups excluding carboxylic acids is 3. The van der Waals surface area contributed by atoms with Gasteiger partial charge >= 0.3 is 6.09 Å². The highest BCUT2D eigenvalue weighted by molar-refractivity contribution is 7.91. The van der Waals surface area contributed by atoms with Gasteiger partial charge in [-0.1, -0.05) is 44.2 Å². The number of hydrogen-bond donors (Lipinski definition) is 4. The quantitative estimate of drug-likeness (QED) is 0.296. The second-order valence-electron chi connectivity index (χ2n) is 14.1. The molecular weight excluding hydrogens is 666 g/mol. The maximum atomic E-state index is 14.3. The Labute approximate surface area is 291 Å². The van der Waals surface area contributed by atoms with Crippen LogP contribution in [0.25, 0.3) is 10.8 Å². The van der Waals surface area contributed by atoms with Gasteiger partial charge in [-0.25, -0.2) is 18.2 Å². The van der Waals surface area contributed by atoms with E-state index in [0.29, 0.717) is 43.4 Å². The Morgan fingerprint density at radius 1 is 1.12 bits per heavy atom. The van der Waals surface area contributed by atoms with Gasteiger partial charge in [-0.3, -0.25) is 19.1 Å². The number of pyridine rings is 1. The summed E-state index contributed by atoms with van der Waals surface area (Å²) >= 11 is 0. The fourth-order valence-corrected chi connectivity index (χ4v) is 8.66. The molecule has 1 saturated heterocycles. The Bertz CT molecular complexity index is 1800. The van der Waals surface area contributed by atoms with Crippen molar-refractivity contribution < 1.29 is 42.2 Å². The predicted octanol–water partition coefficient (Wildman–Crippen LogP) is 3.11. The van der Waals surface area contributed by atoms with Crippen molar-refractivity contribution in [2.75, 3.05) is 13.2 Å². The number of rotatable bonds is 8. The zero-order valence-electron chi connectivity index (χ0n) is 28.5.